The molecular weight excluding hydrogens is 294 g/mol. The summed E-state index contributed by atoms with van der Waals surface area (Å²) in [6.45, 7) is 0.721. The van der Waals surface area contributed by atoms with Gasteiger partial charge >= 0.3 is 0 Å². The van der Waals surface area contributed by atoms with Crippen molar-refractivity contribution in [2.24, 2.45) is 0 Å². The average Bonchev–Trinajstić information content (AvgIpc) is 2.92. The van der Waals surface area contributed by atoms with Crippen molar-refractivity contribution in [1.29, 1.82) is 0 Å². The second-order valence-electron chi connectivity index (χ2n) is 4.55. The van der Waals surface area contributed by atoms with E-state index in [2.05, 4.69) is 5.32 Å². The zero-order valence-electron chi connectivity index (χ0n) is 11.4. The van der Waals surface area contributed by atoms with Crippen molar-refractivity contribution in [1.82, 2.24) is 0 Å². The first-order valence-corrected chi connectivity index (χ1v) is 6.74. The first kappa shape index (κ1) is 13.7. The molecular formula is C15H14ClNO4. The molecule has 1 aliphatic heterocycles. The molecule has 2 aromatic rings. The van der Waals surface area contributed by atoms with Crippen LogP contribution in [0.2, 0.25) is 5.02 Å². The summed E-state index contributed by atoms with van der Waals surface area (Å²) in [5, 5.41) is 13.5. The highest BCUT2D eigenvalue weighted by molar-refractivity contribution is 6.33. The number of hydrogen-bond donors (Lipinski definition) is 2. The smallest absolute Gasteiger partial charge is 0.231 e. The van der Waals surface area contributed by atoms with E-state index in [-0.39, 0.29) is 12.5 Å². The van der Waals surface area contributed by atoms with E-state index in [4.69, 9.17) is 25.8 Å². The van der Waals surface area contributed by atoms with Crippen LogP contribution >= 0.6 is 11.6 Å². The number of benzene rings is 2. The second-order valence-corrected chi connectivity index (χ2v) is 4.95. The van der Waals surface area contributed by atoms with Crippen LogP contribution in [0.1, 0.15) is 5.56 Å². The van der Waals surface area contributed by atoms with E-state index in [0.717, 1.165) is 11.3 Å². The Morgan fingerprint density at radius 3 is 2.71 bits per heavy atom. The van der Waals surface area contributed by atoms with Crippen LogP contribution < -0.4 is 19.5 Å². The molecule has 2 aromatic carbocycles. The summed E-state index contributed by atoms with van der Waals surface area (Å²) in [4.78, 5) is 0. The highest BCUT2D eigenvalue weighted by Crippen LogP contribution is 2.39. The van der Waals surface area contributed by atoms with Gasteiger partial charge in [-0.25, -0.2) is 0 Å². The van der Waals surface area contributed by atoms with Crippen molar-refractivity contribution in [2.45, 2.75) is 6.54 Å². The van der Waals surface area contributed by atoms with Crippen LogP contribution in [0.4, 0.5) is 5.69 Å². The van der Waals surface area contributed by atoms with E-state index in [1.807, 2.05) is 6.07 Å². The molecule has 0 aromatic heterocycles. The monoisotopic (exact) mass is 307 g/mol. The number of ether oxygens (including phenoxy) is 3. The van der Waals surface area contributed by atoms with Crippen LogP contribution in [-0.2, 0) is 6.54 Å². The van der Waals surface area contributed by atoms with Gasteiger partial charge in [-0.05, 0) is 17.7 Å². The van der Waals surface area contributed by atoms with Crippen LogP contribution in [0.3, 0.4) is 0 Å². The number of nitrogens with one attached hydrogen (secondary N) is 1. The lowest BCUT2D eigenvalue weighted by molar-refractivity contribution is 0.174. The number of hydrogen-bond acceptors (Lipinski definition) is 5. The number of phenols is 1. The zero-order valence-corrected chi connectivity index (χ0v) is 12.1. The number of phenolic OH excluding ortho intramolecular Hbond substituents is 1. The maximum atomic E-state index is 9.75. The number of halogens is 1. The molecule has 110 valence electrons. The lowest BCUT2D eigenvalue weighted by Crippen LogP contribution is -2.00. The molecule has 0 amide bonds. The van der Waals surface area contributed by atoms with Gasteiger partial charge in [-0.1, -0.05) is 17.7 Å². The molecule has 0 aliphatic carbocycles. The summed E-state index contributed by atoms with van der Waals surface area (Å²) in [6, 6.07) is 8.75. The molecule has 1 aliphatic rings. The Labute approximate surface area is 127 Å². The van der Waals surface area contributed by atoms with Gasteiger partial charge in [0.2, 0.25) is 6.79 Å². The molecule has 6 heteroatoms. The van der Waals surface area contributed by atoms with E-state index < -0.39 is 0 Å². The van der Waals surface area contributed by atoms with Crippen molar-refractivity contribution < 1.29 is 19.3 Å². The third-order valence-electron chi connectivity index (χ3n) is 3.19. The molecule has 2 N–H and O–H groups in total. The highest BCUT2D eigenvalue weighted by atomic mass is 35.5. The van der Waals surface area contributed by atoms with Gasteiger partial charge in [-0.3, -0.25) is 0 Å². The second kappa shape index (κ2) is 5.61. The maximum Gasteiger partial charge on any atom is 0.231 e. The van der Waals surface area contributed by atoms with Gasteiger partial charge < -0.3 is 24.6 Å². The summed E-state index contributed by atoms with van der Waals surface area (Å²) < 4.78 is 15.6. The summed E-state index contributed by atoms with van der Waals surface area (Å²) in [7, 11) is 1.51. The topological polar surface area (TPSA) is 60.0 Å². The Hall–Kier alpha value is -2.27. The van der Waals surface area contributed by atoms with Gasteiger partial charge in [0.05, 0.1) is 17.8 Å². The fourth-order valence-electron chi connectivity index (χ4n) is 2.10. The van der Waals surface area contributed by atoms with Crippen LogP contribution in [0, 0.1) is 0 Å². The molecule has 0 spiro atoms. The Kier molecular flexibility index (Phi) is 3.66. The molecule has 21 heavy (non-hydrogen) atoms. The molecule has 0 fully saturated rings. The van der Waals surface area contributed by atoms with Crippen molar-refractivity contribution in [3.63, 3.8) is 0 Å². The Morgan fingerprint density at radius 1 is 1.24 bits per heavy atom. The van der Waals surface area contributed by atoms with Gasteiger partial charge in [0.15, 0.2) is 23.0 Å². The van der Waals surface area contributed by atoms with Gasteiger partial charge in [0, 0.05) is 18.7 Å². The van der Waals surface area contributed by atoms with E-state index in [1.165, 1.54) is 7.11 Å². The predicted molar refractivity (Wildman–Crippen MR) is 79.6 cm³/mol. The average molecular weight is 308 g/mol. The number of rotatable bonds is 4. The lowest BCUT2D eigenvalue weighted by atomic mass is 10.2. The van der Waals surface area contributed by atoms with Gasteiger partial charge in [-0.2, -0.15) is 0 Å². The van der Waals surface area contributed by atoms with E-state index >= 15 is 0 Å². The number of aromatic hydroxyl groups is 1. The van der Waals surface area contributed by atoms with Gasteiger partial charge in [-0.15, -0.1) is 0 Å². The van der Waals surface area contributed by atoms with E-state index in [0.29, 0.717) is 28.8 Å². The van der Waals surface area contributed by atoms with Crippen molar-refractivity contribution in [3.8, 4) is 23.0 Å². The molecule has 5 nitrogen and oxygen atoms in total. The van der Waals surface area contributed by atoms with Crippen LogP contribution in [0.25, 0.3) is 0 Å². The van der Waals surface area contributed by atoms with Gasteiger partial charge in [0.1, 0.15) is 0 Å². The van der Waals surface area contributed by atoms with E-state index in [9.17, 15) is 5.11 Å². The normalized spacial score (nSPS) is 12.3. The van der Waals surface area contributed by atoms with E-state index in [1.54, 1.807) is 24.3 Å². The minimum atomic E-state index is 0.105. The third-order valence-corrected chi connectivity index (χ3v) is 3.50. The maximum absolute atomic E-state index is 9.75. The Bertz CT molecular complexity index is 675. The fourth-order valence-corrected chi connectivity index (χ4v) is 2.32. The third kappa shape index (κ3) is 2.78. The largest absolute Gasteiger partial charge is 0.504 e. The molecule has 0 saturated heterocycles. The zero-order chi connectivity index (χ0) is 14.8. The van der Waals surface area contributed by atoms with Crippen LogP contribution in [0.5, 0.6) is 23.0 Å². The lowest BCUT2D eigenvalue weighted by Gasteiger charge is -2.11. The van der Waals surface area contributed by atoms with Crippen molar-refractivity contribution >= 4 is 17.3 Å². The minimum Gasteiger partial charge on any atom is -0.504 e. The first-order chi connectivity index (χ1) is 10.2. The molecule has 3 rings (SSSR count). The standard InChI is InChI=1S/C15H14ClNO4/c1-19-13-3-2-9(4-12(13)18)7-17-11-6-15-14(5-10(11)16)20-8-21-15/h2-6,17-18H,7-8H2,1H3. The number of fused-ring (bicyclic) bond motifs is 1. The molecule has 0 atom stereocenters. The van der Waals surface area contributed by atoms with Gasteiger partial charge in [0.25, 0.3) is 0 Å². The molecule has 0 unspecified atom stereocenters. The van der Waals surface area contributed by atoms with Crippen LogP contribution in [0.15, 0.2) is 30.3 Å². The minimum absolute atomic E-state index is 0.105. The fraction of sp³-hybridized carbons (Fsp3) is 0.200. The summed E-state index contributed by atoms with van der Waals surface area (Å²) in [5.74, 6) is 1.86. The number of anilines is 1. The molecule has 0 bridgehead atoms. The predicted octanol–water partition coefficient (Wildman–Crippen LogP) is 3.40. The molecule has 1 heterocycles. The summed E-state index contributed by atoms with van der Waals surface area (Å²) in [5.41, 5.74) is 1.65. The van der Waals surface area contributed by atoms with Crippen molar-refractivity contribution in [3.05, 3.63) is 40.9 Å². The summed E-state index contributed by atoms with van der Waals surface area (Å²) >= 11 is 6.19. The van der Waals surface area contributed by atoms with Crippen molar-refractivity contribution in [2.75, 3.05) is 19.2 Å². The Morgan fingerprint density at radius 2 is 2.00 bits per heavy atom. The highest BCUT2D eigenvalue weighted by Gasteiger charge is 2.16. The van der Waals surface area contributed by atoms with Crippen LogP contribution in [-0.4, -0.2) is 19.0 Å². The number of methoxy groups -OCH3 is 1. The SMILES string of the molecule is COc1ccc(CNc2cc3c(cc2Cl)OCO3)cc1O. The molecule has 0 saturated carbocycles. The molecule has 0 radical (unpaired) electrons. The first-order valence-electron chi connectivity index (χ1n) is 6.36. The Balaban J connectivity index is 1.74. The quantitative estimate of drug-likeness (QED) is 0.906. The summed E-state index contributed by atoms with van der Waals surface area (Å²) in [6.07, 6.45) is 0.